The van der Waals surface area contributed by atoms with Crippen LogP contribution in [-0.2, 0) is 21.7 Å². The van der Waals surface area contributed by atoms with Gasteiger partial charge in [-0.3, -0.25) is 4.98 Å². The number of aromatic nitrogens is 1. The van der Waals surface area contributed by atoms with Gasteiger partial charge in [0.05, 0.1) is 0 Å². The first-order valence-corrected chi connectivity index (χ1v) is 11.1. The van der Waals surface area contributed by atoms with Crippen LogP contribution in [0.15, 0.2) is 36.5 Å². The average molecular weight is 394 g/mol. The Kier molecular flexibility index (Phi) is 6.44. The highest BCUT2D eigenvalue weighted by molar-refractivity contribution is 5.42. The van der Waals surface area contributed by atoms with E-state index < -0.39 is 0 Å². The molecule has 2 rings (SSSR count). The quantitative estimate of drug-likeness (QED) is 0.501. The summed E-state index contributed by atoms with van der Waals surface area (Å²) in [6, 6.07) is 11.4. The van der Waals surface area contributed by atoms with E-state index in [-0.39, 0.29) is 21.7 Å². The van der Waals surface area contributed by atoms with E-state index in [0.717, 1.165) is 18.5 Å². The first-order valence-electron chi connectivity index (χ1n) is 11.1. The fourth-order valence-electron chi connectivity index (χ4n) is 4.32. The lowest BCUT2D eigenvalue weighted by Crippen LogP contribution is -2.26. The summed E-state index contributed by atoms with van der Waals surface area (Å²) in [5.41, 5.74) is 7.42. The summed E-state index contributed by atoms with van der Waals surface area (Å²) < 4.78 is 0. The molecule has 1 heterocycles. The van der Waals surface area contributed by atoms with Gasteiger partial charge in [-0.2, -0.15) is 0 Å². The molecule has 29 heavy (non-hydrogen) atoms. The van der Waals surface area contributed by atoms with Crippen LogP contribution in [0.5, 0.6) is 0 Å². The van der Waals surface area contributed by atoms with Gasteiger partial charge < -0.3 is 0 Å². The third-order valence-corrected chi connectivity index (χ3v) is 6.56. The Balaban J connectivity index is 2.23. The van der Waals surface area contributed by atoms with Crippen LogP contribution in [0, 0.1) is 6.92 Å². The Morgan fingerprint density at radius 3 is 1.69 bits per heavy atom. The highest BCUT2D eigenvalue weighted by Crippen LogP contribution is 2.39. The number of benzene rings is 1. The first-order chi connectivity index (χ1) is 13.1. The van der Waals surface area contributed by atoms with E-state index in [1.165, 1.54) is 22.3 Å². The summed E-state index contributed by atoms with van der Waals surface area (Å²) in [4.78, 5) is 4.77. The van der Waals surface area contributed by atoms with Gasteiger partial charge in [-0.05, 0) is 64.3 Å². The van der Waals surface area contributed by atoms with Crippen molar-refractivity contribution < 1.29 is 0 Å². The lowest BCUT2D eigenvalue weighted by atomic mass is 9.70. The van der Waals surface area contributed by atoms with Crippen LogP contribution in [0.25, 0.3) is 0 Å². The molecule has 0 atom stereocenters. The Morgan fingerprint density at radius 1 is 0.655 bits per heavy atom. The minimum Gasteiger partial charge on any atom is -0.260 e. The summed E-state index contributed by atoms with van der Waals surface area (Å²) in [6.45, 7) is 25.4. The van der Waals surface area contributed by atoms with Gasteiger partial charge in [-0.1, -0.05) is 93.5 Å². The van der Waals surface area contributed by atoms with Crippen LogP contribution in [0.3, 0.4) is 0 Å². The molecular weight excluding hydrogens is 350 g/mol. The van der Waals surface area contributed by atoms with Crippen molar-refractivity contribution in [3.05, 3.63) is 64.5 Å². The zero-order chi connectivity index (χ0) is 22.3. The monoisotopic (exact) mass is 393 g/mol. The topological polar surface area (TPSA) is 12.9 Å². The molecule has 0 saturated carbocycles. The molecule has 0 radical (unpaired) electrons. The van der Waals surface area contributed by atoms with Crippen LogP contribution in [0.4, 0.5) is 0 Å². The predicted octanol–water partition coefficient (Wildman–Crippen LogP) is 8.02. The summed E-state index contributed by atoms with van der Waals surface area (Å²) in [7, 11) is 0. The Labute approximate surface area is 180 Å². The second-order valence-corrected chi connectivity index (χ2v) is 12.2. The summed E-state index contributed by atoms with van der Waals surface area (Å²) in [6.07, 6.45) is 4.38. The number of hydrogen-bond acceptors (Lipinski definition) is 1. The average Bonchev–Trinajstić information content (AvgIpc) is 2.58. The fourth-order valence-corrected chi connectivity index (χ4v) is 4.32. The van der Waals surface area contributed by atoms with Crippen molar-refractivity contribution in [1.82, 2.24) is 4.98 Å². The molecule has 2 aromatic rings. The van der Waals surface area contributed by atoms with Crippen molar-refractivity contribution in [2.24, 2.45) is 0 Å². The van der Waals surface area contributed by atoms with Gasteiger partial charge in [0.1, 0.15) is 0 Å². The van der Waals surface area contributed by atoms with E-state index in [9.17, 15) is 0 Å². The molecule has 0 aliphatic carbocycles. The molecule has 0 unspecified atom stereocenters. The second kappa shape index (κ2) is 7.89. The fraction of sp³-hybridized carbons (Fsp3) is 0.607. The van der Waals surface area contributed by atoms with Crippen LogP contribution >= 0.6 is 0 Å². The third-order valence-electron chi connectivity index (χ3n) is 6.56. The minimum atomic E-state index is 0.0975. The van der Waals surface area contributed by atoms with Crippen molar-refractivity contribution in [1.29, 1.82) is 0 Å². The van der Waals surface area contributed by atoms with Gasteiger partial charge in [0.25, 0.3) is 0 Å². The summed E-state index contributed by atoms with van der Waals surface area (Å²) >= 11 is 0. The second-order valence-electron chi connectivity index (χ2n) is 12.2. The molecule has 0 aliphatic rings. The highest BCUT2D eigenvalue weighted by atomic mass is 14.7. The van der Waals surface area contributed by atoms with E-state index in [1.807, 2.05) is 0 Å². The van der Waals surface area contributed by atoms with E-state index >= 15 is 0 Å². The zero-order valence-corrected chi connectivity index (χ0v) is 20.8. The van der Waals surface area contributed by atoms with E-state index in [2.05, 4.69) is 113 Å². The maximum Gasteiger partial charge on any atom is 0.0457 e. The van der Waals surface area contributed by atoms with Crippen LogP contribution in [0.2, 0.25) is 0 Å². The first kappa shape index (κ1) is 23.6. The smallest absolute Gasteiger partial charge is 0.0457 e. The molecular formula is C28H43N. The molecule has 0 fully saturated rings. The van der Waals surface area contributed by atoms with Crippen molar-refractivity contribution in [3.63, 3.8) is 0 Å². The molecule has 0 saturated heterocycles. The largest absolute Gasteiger partial charge is 0.260 e. The zero-order valence-electron chi connectivity index (χ0n) is 20.8. The van der Waals surface area contributed by atoms with Crippen LogP contribution in [-0.4, -0.2) is 4.98 Å². The molecule has 160 valence electrons. The molecule has 0 amide bonds. The summed E-state index contributed by atoms with van der Waals surface area (Å²) in [5.74, 6) is 0. The number of hydrogen-bond donors (Lipinski definition) is 0. The number of rotatable bonds is 5. The molecule has 1 aromatic heterocycles. The molecule has 1 heteroatoms. The van der Waals surface area contributed by atoms with E-state index in [0.29, 0.717) is 0 Å². The molecule has 0 bridgehead atoms. The Morgan fingerprint density at radius 2 is 1.21 bits per heavy atom. The minimum absolute atomic E-state index is 0.0975. The van der Waals surface area contributed by atoms with Gasteiger partial charge in [0, 0.05) is 17.3 Å². The maximum atomic E-state index is 4.77. The van der Waals surface area contributed by atoms with Gasteiger partial charge in [-0.15, -0.1) is 0 Å². The summed E-state index contributed by atoms with van der Waals surface area (Å²) in [5, 5.41) is 0. The number of nitrogens with zero attached hydrogens (tertiary/aromatic N) is 1. The Bertz CT molecular complexity index is 824. The van der Waals surface area contributed by atoms with Gasteiger partial charge in [-0.25, -0.2) is 0 Å². The van der Waals surface area contributed by atoms with Crippen molar-refractivity contribution in [3.8, 4) is 0 Å². The maximum absolute atomic E-state index is 4.77. The molecule has 1 nitrogen and oxygen atoms in total. The van der Waals surface area contributed by atoms with Gasteiger partial charge >= 0.3 is 0 Å². The van der Waals surface area contributed by atoms with Gasteiger partial charge in [0.2, 0.25) is 0 Å². The van der Waals surface area contributed by atoms with Crippen LogP contribution in [0.1, 0.15) is 110 Å². The molecule has 0 N–H and O–H groups in total. The van der Waals surface area contributed by atoms with Crippen molar-refractivity contribution in [2.75, 3.05) is 0 Å². The van der Waals surface area contributed by atoms with Crippen molar-refractivity contribution >= 4 is 0 Å². The predicted molar refractivity (Wildman–Crippen MR) is 128 cm³/mol. The highest BCUT2D eigenvalue weighted by Gasteiger charge is 2.30. The van der Waals surface area contributed by atoms with Gasteiger partial charge in [0.15, 0.2) is 0 Å². The van der Waals surface area contributed by atoms with E-state index in [1.54, 1.807) is 0 Å². The lowest BCUT2D eigenvalue weighted by Gasteiger charge is -2.34. The Hall–Kier alpha value is -1.63. The molecule has 0 spiro atoms. The van der Waals surface area contributed by atoms with Crippen molar-refractivity contribution in [2.45, 2.75) is 111 Å². The standard InChI is InChI=1S/C28H43N/c1-20-22(25(2,3)4)13-12-14-23(20)28(10,11)18-17-27(8,9)21-15-16-24(29-19-21)26(5,6)7/h12-16,19H,17-18H2,1-11H3. The normalized spacial score (nSPS) is 13.6. The lowest BCUT2D eigenvalue weighted by molar-refractivity contribution is 0.372. The van der Waals surface area contributed by atoms with E-state index in [4.69, 9.17) is 4.98 Å². The van der Waals surface area contributed by atoms with Crippen LogP contribution < -0.4 is 0 Å². The number of pyridine rings is 1. The SMILES string of the molecule is Cc1c(C(C)(C)C)cccc1C(C)(C)CCC(C)(C)c1ccc(C(C)(C)C)nc1. The third kappa shape index (κ3) is 5.50. The molecule has 0 aliphatic heterocycles. The molecule has 1 aromatic carbocycles.